The number of nitrogens with zero attached hydrogens (tertiary/aromatic N) is 1. The van der Waals surface area contributed by atoms with Crippen LogP contribution in [0.4, 0.5) is 0 Å². The highest BCUT2D eigenvalue weighted by atomic mass is 32.2. The average Bonchev–Trinajstić information content (AvgIpc) is 2.82. The van der Waals surface area contributed by atoms with E-state index in [2.05, 4.69) is 5.32 Å². The summed E-state index contributed by atoms with van der Waals surface area (Å²) in [7, 11) is 0.797. The van der Waals surface area contributed by atoms with Crippen molar-refractivity contribution in [1.29, 1.82) is 0 Å². The Hall–Kier alpha value is -1.60. The van der Waals surface area contributed by atoms with Gasteiger partial charge < -0.3 is 10.1 Å². The Bertz CT molecular complexity index is 678. The molecule has 1 aromatic carbocycles. The van der Waals surface area contributed by atoms with Gasteiger partial charge in [-0.3, -0.25) is 4.79 Å². The van der Waals surface area contributed by atoms with Gasteiger partial charge >= 0.3 is 0 Å². The van der Waals surface area contributed by atoms with Crippen LogP contribution in [0.5, 0.6) is 5.75 Å². The van der Waals surface area contributed by atoms with Crippen molar-refractivity contribution in [3.63, 3.8) is 0 Å². The van der Waals surface area contributed by atoms with Crippen LogP contribution in [-0.2, 0) is 10.0 Å². The first-order valence-corrected chi connectivity index (χ1v) is 9.71. The van der Waals surface area contributed by atoms with Crippen LogP contribution >= 0.6 is 0 Å². The number of nitrogens with one attached hydrogen (secondary N) is 1. The number of methoxy groups -OCH3 is 1. The lowest BCUT2D eigenvalue weighted by molar-refractivity contribution is 0.0930. The van der Waals surface area contributed by atoms with E-state index in [1.807, 2.05) is 0 Å². The molecule has 1 fully saturated rings. The van der Waals surface area contributed by atoms with Crippen molar-refractivity contribution >= 4 is 15.9 Å². The van der Waals surface area contributed by atoms with Crippen LogP contribution in [0, 0.1) is 0 Å². The summed E-state index contributed by atoms with van der Waals surface area (Å²) in [5.74, 6) is 0.0911. The lowest BCUT2D eigenvalue weighted by Crippen LogP contribution is -2.34. The van der Waals surface area contributed by atoms with Crippen molar-refractivity contribution in [2.45, 2.75) is 49.5 Å². The van der Waals surface area contributed by atoms with E-state index in [1.54, 1.807) is 0 Å². The first-order chi connectivity index (χ1) is 11.4. The van der Waals surface area contributed by atoms with Gasteiger partial charge in [-0.15, -0.1) is 0 Å². The monoisotopic (exact) mass is 354 g/mol. The molecule has 0 spiro atoms. The minimum atomic E-state index is -3.60. The molecule has 1 aromatic rings. The zero-order valence-corrected chi connectivity index (χ0v) is 15.4. The van der Waals surface area contributed by atoms with E-state index in [0.717, 1.165) is 30.0 Å². The number of carbonyl (C=O) groups is 1. The van der Waals surface area contributed by atoms with Crippen molar-refractivity contribution < 1.29 is 17.9 Å². The SMILES string of the molecule is COc1ccc(S(=O)(=O)N(C)C)cc1C(=O)NC1CCCCCC1. The number of sulfonamides is 1. The van der Waals surface area contributed by atoms with E-state index in [0.29, 0.717) is 5.75 Å². The van der Waals surface area contributed by atoms with Gasteiger partial charge in [-0.25, -0.2) is 12.7 Å². The van der Waals surface area contributed by atoms with Crippen molar-refractivity contribution in [2.75, 3.05) is 21.2 Å². The maximum Gasteiger partial charge on any atom is 0.255 e. The van der Waals surface area contributed by atoms with Gasteiger partial charge in [-0.1, -0.05) is 25.7 Å². The first kappa shape index (κ1) is 18.7. The normalized spacial score (nSPS) is 16.7. The fourth-order valence-electron chi connectivity index (χ4n) is 2.92. The fraction of sp³-hybridized carbons (Fsp3) is 0.588. The van der Waals surface area contributed by atoms with Crippen LogP contribution < -0.4 is 10.1 Å². The molecule has 6 nitrogen and oxygen atoms in total. The molecule has 0 aliphatic heterocycles. The Kier molecular flexibility index (Phi) is 6.23. The molecule has 2 rings (SSSR count). The van der Waals surface area contributed by atoms with Crippen molar-refractivity contribution in [3.8, 4) is 5.75 Å². The number of rotatable bonds is 5. The summed E-state index contributed by atoms with van der Waals surface area (Å²) >= 11 is 0. The van der Waals surface area contributed by atoms with Gasteiger partial charge in [0.2, 0.25) is 10.0 Å². The summed E-state index contributed by atoms with van der Waals surface area (Å²) in [6.45, 7) is 0. The molecule has 0 radical (unpaired) electrons. The van der Waals surface area contributed by atoms with E-state index in [1.165, 1.54) is 52.2 Å². The Morgan fingerprint density at radius 2 is 1.79 bits per heavy atom. The molecule has 0 saturated heterocycles. The quantitative estimate of drug-likeness (QED) is 0.824. The second kappa shape index (κ2) is 7.98. The lowest BCUT2D eigenvalue weighted by Gasteiger charge is -2.18. The van der Waals surface area contributed by atoms with Gasteiger partial charge in [0.25, 0.3) is 5.91 Å². The maximum absolute atomic E-state index is 12.7. The van der Waals surface area contributed by atoms with Gasteiger partial charge in [-0.05, 0) is 31.0 Å². The second-order valence-corrected chi connectivity index (χ2v) is 8.46. The Labute approximate surface area is 144 Å². The highest BCUT2D eigenvalue weighted by Gasteiger charge is 2.23. The standard InChI is InChI=1S/C17H26N2O4S/c1-19(2)24(21,22)14-10-11-16(23-3)15(12-14)17(20)18-13-8-6-4-5-7-9-13/h10-13H,4-9H2,1-3H3,(H,18,20). The predicted molar refractivity (Wildman–Crippen MR) is 92.8 cm³/mol. The van der Waals surface area contributed by atoms with Crippen molar-refractivity contribution in [2.24, 2.45) is 0 Å². The molecule has 1 N–H and O–H groups in total. The molecule has 0 aromatic heterocycles. The van der Waals surface area contributed by atoms with Gasteiger partial charge in [0, 0.05) is 20.1 Å². The topological polar surface area (TPSA) is 75.7 Å². The average molecular weight is 354 g/mol. The molecule has 7 heteroatoms. The minimum Gasteiger partial charge on any atom is -0.496 e. The fourth-order valence-corrected chi connectivity index (χ4v) is 3.85. The lowest BCUT2D eigenvalue weighted by atomic mass is 10.1. The zero-order chi connectivity index (χ0) is 17.7. The number of benzene rings is 1. The summed E-state index contributed by atoms with van der Waals surface area (Å²) in [4.78, 5) is 12.7. The van der Waals surface area contributed by atoms with Crippen LogP contribution in [0.1, 0.15) is 48.9 Å². The van der Waals surface area contributed by atoms with Gasteiger partial charge in [0.05, 0.1) is 17.6 Å². The molecule has 1 aliphatic carbocycles. The molecule has 1 aliphatic rings. The number of hydrogen-bond donors (Lipinski definition) is 1. The smallest absolute Gasteiger partial charge is 0.255 e. The Morgan fingerprint density at radius 1 is 1.17 bits per heavy atom. The van der Waals surface area contributed by atoms with Gasteiger partial charge in [0.15, 0.2) is 0 Å². The van der Waals surface area contributed by atoms with Crippen LogP contribution in [0.3, 0.4) is 0 Å². The Morgan fingerprint density at radius 3 is 2.33 bits per heavy atom. The molecular weight excluding hydrogens is 328 g/mol. The van der Waals surface area contributed by atoms with Crippen molar-refractivity contribution in [1.82, 2.24) is 9.62 Å². The van der Waals surface area contributed by atoms with Crippen LogP contribution in [0.2, 0.25) is 0 Å². The maximum atomic E-state index is 12.7. The number of hydrogen-bond acceptors (Lipinski definition) is 4. The van der Waals surface area contributed by atoms with E-state index >= 15 is 0 Å². The van der Waals surface area contributed by atoms with E-state index < -0.39 is 10.0 Å². The van der Waals surface area contributed by atoms with E-state index in [9.17, 15) is 13.2 Å². The molecule has 1 saturated carbocycles. The number of ether oxygens (including phenoxy) is 1. The molecule has 0 bridgehead atoms. The molecule has 0 heterocycles. The minimum absolute atomic E-state index is 0.0827. The summed E-state index contributed by atoms with van der Waals surface area (Å²) < 4.78 is 31.0. The third-order valence-corrected chi connectivity index (χ3v) is 6.20. The number of carbonyl (C=O) groups excluding carboxylic acids is 1. The largest absolute Gasteiger partial charge is 0.496 e. The van der Waals surface area contributed by atoms with E-state index in [4.69, 9.17) is 4.74 Å². The summed E-state index contributed by atoms with van der Waals surface area (Å²) in [6, 6.07) is 4.51. The van der Waals surface area contributed by atoms with Gasteiger partial charge in [-0.2, -0.15) is 0 Å². The summed E-state index contributed by atoms with van der Waals surface area (Å²) in [6.07, 6.45) is 6.54. The summed E-state index contributed by atoms with van der Waals surface area (Å²) in [5.41, 5.74) is 0.254. The predicted octanol–water partition coefficient (Wildman–Crippen LogP) is 2.40. The second-order valence-electron chi connectivity index (χ2n) is 6.31. The molecule has 0 atom stereocenters. The van der Waals surface area contributed by atoms with Crippen molar-refractivity contribution in [3.05, 3.63) is 23.8 Å². The third kappa shape index (κ3) is 4.27. The van der Waals surface area contributed by atoms with Crippen LogP contribution in [0.15, 0.2) is 23.1 Å². The highest BCUT2D eigenvalue weighted by Crippen LogP contribution is 2.25. The molecule has 134 valence electrons. The Balaban J connectivity index is 2.28. The van der Waals surface area contributed by atoms with E-state index in [-0.39, 0.29) is 22.4 Å². The number of amides is 1. The molecule has 0 unspecified atom stereocenters. The highest BCUT2D eigenvalue weighted by molar-refractivity contribution is 7.89. The van der Waals surface area contributed by atoms with Crippen LogP contribution in [0.25, 0.3) is 0 Å². The summed E-state index contributed by atoms with van der Waals surface area (Å²) in [5, 5.41) is 3.03. The third-order valence-electron chi connectivity index (χ3n) is 4.38. The molecular formula is C17H26N2O4S. The first-order valence-electron chi connectivity index (χ1n) is 8.27. The molecule has 24 heavy (non-hydrogen) atoms. The van der Waals surface area contributed by atoms with Gasteiger partial charge in [0.1, 0.15) is 5.75 Å². The zero-order valence-electron chi connectivity index (χ0n) is 14.5. The van der Waals surface area contributed by atoms with Crippen LogP contribution in [-0.4, -0.2) is 45.9 Å². The molecule has 1 amide bonds.